The first-order valence-corrected chi connectivity index (χ1v) is 9.62. The fourth-order valence-corrected chi connectivity index (χ4v) is 4.10. The quantitative estimate of drug-likeness (QED) is 0.738. The van der Waals surface area contributed by atoms with Gasteiger partial charge >= 0.3 is 5.69 Å². The minimum atomic E-state index is -2.86. The highest BCUT2D eigenvalue weighted by atomic mass is 19.3. The summed E-state index contributed by atoms with van der Waals surface area (Å²) < 4.78 is 31.9. The summed E-state index contributed by atoms with van der Waals surface area (Å²) in [6, 6.07) is 4.05. The normalized spacial score (nSPS) is 20.5. The van der Waals surface area contributed by atoms with Crippen molar-refractivity contribution < 1.29 is 18.4 Å². The number of fused-ring (bicyclic) bond motifs is 1. The van der Waals surface area contributed by atoms with Crippen LogP contribution in [0.25, 0.3) is 11.0 Å². The van der Waals surface area contributed by atoms with Gasteiger partial charge in [-0.15, -0.1) is 0 Å². The van der Waals surface area contributed by atoms with Gasteiger partial charge in [-0.3, -0.25) is 13.9 Å². The van der Waals surface area contributed by atoms with Gasteiger partial charge in [-0.1, -0.05) is 6.07 Å². The molecular formula is C20H26F2N4O3. The van der Waals surface area contributed by atoms with Crippen LogP contribution in [0.1, 0.15) is 36.8 Å². The molecule has 1 aliphatic heterocycles. The Labute approximate surface area is 167 Å². The van der Waals surface area contributed by atoms with Gasteiger partial charge < -0.3 is 15.0 Å². The molecule has 2 heterocycles. The van der Waals surface area contributed by atoms with Crippen molar-refractivity contribution in [3.05, 3.63) is 34.2 Å². The number of piperidine rings is 1. The van der Waals surface area contributed by atoms with Crippen molar-refractivity contribution in [2.75, 3.05) is 27.2 Å². The molecule has 0 bridgehead atoms. The van der Waals surface area contributed by atoms with Crippen LogP contribution in [0.2, 0.25) is 0 Å². The van der Waals surface area contributed by atoms with Crippen LogP contribution in [0, 0.1) is 0 Å². The Balaban J connectivity index is 2.01. The number of amides is 1. The number of hydrogen-bond acceptors (Lipinski definition) is 4. The predicted octanol–water partition coefficient (Wildman–Crippen LogP) is 1.66. The zero-order valence-corrected chi connectivity index (χ0v) is 16.8. The summed E-state index contributed by atoms with van der Waals surface area (Å²) in [5.74, 6) is -4.00. The number of hydrogen-bond donors (Lipinski definition) is 1. The van der Waals surface area contributed by atoms with Crippen molar-refractivity contribution in [1.29, 1.82) is 0 Å². The Kier molecular flexibility index (Phi) is 5.88. The molecule has 1 saturated heterocycles. The molecule has 1 N–H and O–H groups in total. The number of rotatable bonds is 6. The largest absolute Gasteiger partial charge is 0.359 e. The smallest absolute Gasteiger partial charge is 0.329 e. The number of nitrogens with zero attached hydrogens (tertiary/aromatic N) is 3. The maximum atomic E-state index is 14.6. The monoisotopic (exact) mass is 408 g/mol. The Morgan fingerprint density at radius 1 is 1.34 bits per heavy atom. The first-order valence-electron chi connectivity index (χ1n) is 9.62. The summed E-state index contributed by atoms with van der Waals surface area (Å²) in [4.78, 5) is 37.5. The number of benzene rings is 1. The van der Waals surface area contributed by atoms with Gasteiger partial charge in [0.15, 0.2) is 0 Å². The van der Waals surface area contributed by atoms with Gasteiger partial charge in [0.1, 0.15) is 6.29 Å². The second-order valence-electron chi connectivity index (χ2n) is 7.72. The van der Waals surface area contributed by atoms with Gasteiger partial charge in [0.05, 0.1) is 29.5 Å². The highest BCUT2D eigenvalue weighted by molar-refractivity contribution is 5.79. The summed E-state index contributed by atoms with van der Waals surface area (Å²) in [6.07, 6.45) is 1.25. The Morgan fingerprint density at radius 3 is 2.69 bits per heavy atom. The van der Waals surface area contributed by atoms with E-state index >= 15 is 0 Å². The van der Waals surface area contributed by atoms with Crippen LogP contribution in [0.5, 0.6) is 0 Å². The lowest BCUT2D eigenvalue weighted by atomic mass is 9.86. The summed E-state index contributed by atoms with van der Waals surface area (Å²) >= 11 is 0. The standard InChI is InChI=1S/C20H26F2N4O3/c1-23-18(28)7-5-14(11-27)26-16-6-4-13(10-17(16)25(3)19(26)29)15-8-9-24(2)12-20(15,21)22/h4,6,10-11,14-15H,5,7-9,12H2,1-3H3,(H,23,28). The molecule has 0 saturated carbocycles. The van der Waals surface area contributed by atoms with Crippen molar-refractivity contribution in [3.8, 4) is 0 Å². The van der Waals surface area contributed by atoms with Crippen molar-refractivity contribution in [3.63, 3.8) is 0 Å². The number of alkyl halides is 2. The molecule has 7 nitrogen and oxygen atoms in total. The Morgan fingerprint density at radius 2 is 2.07 bits per heavy atom. The highest BCUT2D eigenvalue weighted by Crippen LogP contribution is 2.40. The van der Waals surface area contributed by atoms with E-state index in [1.807, 2.05) is 0 Å². The molecule has 1 fully saturated rings. The van der Waals surface area contributed by atoms with E-state index in [9.17, 15) is 23.2 Å². The molecule has 1 aromatic carbocycles. The van der Waals surface area contributed by atoms with Gasteiger partial charge in [-0.2, -0.15) is 0 Å². The van der Waals surface area contributed by atoms with Gasteiger partial charge in [-0.05, 0) is 44.1 Å². The minimum Gasteiger partial charge on any atom is -0.359 e. The fraction of sp³-hybridized carbons (Fsp3) is 0.550. The molecule has 29 heavy (non-hydrogen) atoms. The van der Waals surface area contributed by atoms with E-state index in [2.05, 4.69) is 5.32 Å². The molecule has 0 aliphatic carbocycles. The second-order valence-corrected chi connectivity index (χ2v) is 7.72. The number of likely N-dealkylation sites (tertiary alicyclic amines) is 1. The van der Waals surface area contributed by atoms with E-state index in [1.165, 1.54) is 16.2 Å². The third-order valence-corrected chi connectivity index (χ3v) is 5.74. The van der Waals surface area contributed by atoms with Crippen molar-refractivity contribution in [1.82, 2.24) is 19.4 Å². The molecule has 3 rings (SSSR count). The Bertz CT molecular complexity index is 982. The Hall–Kier alpha value is -2.55. The summed E-state index contributed by atoms with van der Waals surface area (Å²) in [5.41, 5.74) is 1.05. The van der Waals surface area contributed by atoms with E-state index in [1.54, 1.807) is 37.2 Å². The van der Waals surface area contributed by atoms with Crippen LogP contribution in [-0.4, -0.2) is 59.3 Å². The molecule has 1 amide bonds. The van der Waals surface area contributed by atoms with Gasteiger partial charge in [-0.25, -0.2) is 13.6 Å². The lowest BCUT2D eigenvalue weighted by Gasteiger charge is -2.36. The molecule has 1 aromatic heterocycles. The van der Waals surface area contributed by atoms with Crippen LogP contribution in [-0.2, 0) is 16.6 Å². The van der Waals surface area contributed by atoms with Gasteiger partial charge in [0.25, 0.3) is 5.92 Å². The molecular weight excluding hydrogens is 382 g/mol. The number of aromatic nitrogens is 2. The van der Waals surface area contributed by atoms with Gasteiger partial charge in [0, 0.05) is 20.5 Å². The summed E-state index contributed by atoms with van der Waals surface area (Å²) in [7, 11) is 4.73. The summed E-state index contributed by atoms with van der Waals surface area (Å²) in [6.45, 7) is 0.271. The number of aldehydes is 1. The lowest BCUT2D eigenvalue weighted by molar-refractivity contribution is -0.121. The van der Waals surface area contributed by atoms with Crippen LogP contribution in [0.4, 0.5) is 8.78 Å². The second kappa shape index (κ2) is 8.06. The predicted molar refractivity (Wildman–Crippen MR) is 105 cm³/mol. The van der Waals surface area contributed by atoms with Crippen LogP contribution in [0.3, 0.4) is 0 Å². The highest BCUT2D eigenvalue weighted by Gasteiger charge is 2.44. The fourth-order valence-electron chi connectivity index (χ4n) is 4.10. The zero-order valence-electron chi connectivity index (χ0n) is 16.8. The minimum absolute atomic E-state index is 0.0998. The molecule has 0 radical (unpaired) electrons. The van der Waals surface area contributed by atoms with Crippen LogP contribution < -0.4 is 11.0 Å². The molecule has 2 unspecified atom stereocenters. The average molecular weight is 408 g/mol. The van der Waals surface area contributed by atoms with E-state index in [0.29, 0.717) is 35.8 Å². The zero-order chi connectivity index (χ0) is 21.3. The maximum Gasteiger partial charge on any atom is 0.329 e. The summed E-state index contributed by atoms with van der Waals surface area (Å²) in [5, 5.41) is 2.49. The third-order valence-electron chi connectivity index (χ3n) is 5.74. The number of imidazole rings is 1. The molecule has 0 spiro atoms. The lowest BCUT2D eigenvalue weighted by Crippen LogP contribution is -2.45. The number of carbonyl (C=O) groups excluding carboxylic acids is 2. The first kappa shape index (κ1) is 21.2. The van der Waals surface area contributed by atoms with E-state index < -0.39 is 23.6 Å². The van der Waals surface area contributed by atoms with Crippen LogP contribution >= 0.6 is 0 Å². The van der Waals surface area contributed by atoms with E-state index in [-0.39, 0.29) is 25.3 Å². The molecule has 2 aromatic rings. The van der Waals surface area contributed by atoms with E-state index in [0.717, 1.165) is 0 Å². The molecule has 2 atom stereocenters. The van der Waals surface area contributed by atoms with E-state index in [4.69, 9.17) is 0 Å². The van der Waals surface area contributed by atoms with Crippen molar-refractivity contribution in [2.24, 2.45) is 7.05 Å². The molecule has 9 heteroatoms. The van der Waals surface area contributed by atoms with Crippen LogP contribution in [0.15, 0.2) is 23.0 Å². The third kappa shape index (κ3) is 3.96. The number of halogens is 2. The number of carbonyl (C=O) groups is 2. The molecule has 158 valence electrons. The topological polar surface area (TPSA) is 76.3 Å². The molecule has 1 aliphatic rings. The number of nitrogens with one attached hydrogen (secondary N) is 1. The maximum absolute atomic E-state index is 14.6. The SMILES string of the molecule is CNC(=O)CCC(C=O)n1c(=O)n(C)c2cc(C3CCN(C)CC3(F)F)ccc21. The number of aryl methyl sites for hydroxylation is 1. The van der Waals surface area contributed by atoms with Gasteiger partial charge in [0.2, 0.25) is 5.91 Å². The van der Waals surface area contributed by atoms with Crippen molar-refractivity contribution >= 4 is 23.2 Å². The first-order chi connectivity index (χ1) is 13.7. The van der Waals surface area contributed by atoms with Crippen molar-refractivity contribution in [2.45, 2.75) is 37.1 Å². The average Bonchev–Trinajstić information content (AvgIpc) is 2.92.